The Morgan fingerprint density at radius 1 is 1.19 bits per heavy atom. The number of fused-ring (bicyclic) bond motifs is 1. The number of hydrogen-bond donors (Lipinski definition) is 0. The molecule has 3 heterocycles. The summed E-state index contributed by atoms with van der Waals surface area (Å²) in [5.41, 5.74) is 4.52. The minimum Gasteiger partial charge on any atom is -0.339 e. The molecule has 162 valence electrons. The summed E-state index contributed by atoms with van der Waals surface area (Å²) in [7, 11) is 5.54. The molecule has 0 aromatic carbocycles. The van der Waals surface area contributed by atoms with Crippen LogP contribution in [0.2, 0.25) is 10.3 Å². The molecule has 3 aromatic heterocycles. The highest BCUT2D eigenvalue weighted by atomic mass is 35.5. The van der Waals surface area contributed by atoms with Gasteiger partial charge in [0.05, 0.1) is 17.9 Å². The predicted octanol–water partition coefficient (Wildman–Crippen LogP) is 4.51. The van der Waals surface area contributed by atoms with Crippen LogP contribution in [0.4, 0.5) is 5.69 Å². The van der Waals surface area contributed by atoms with E-state index >= 15 is 0 Å². The van der Waals surface area contributed by atoms with Crippen LogP contribution in [0.25, 0.3) is 11.0 Å². The van der Waals surface area contributed by atoms with E-state index in [2.05, 4.69) is 35.0 Å². The molecule has 3 aromatic rings. The Morgan fingerprint density at radius 3 is 2.42 bits per heavy atom. The summed E-state index contributed by atoms with van der Waals surface area (Å²) >= 11 is 12.1. The van der Waals surface area contributed by atoms with Crippen LogP contribution < -0.4 is 4.90 Å². The molecule has 0 aliphatic rings. The van der Waals surface area contributed by atoms with E-state index < -0.39 is 0 Å². The van der Waals surface area contributed by atoms with Crippen molar-refractivity contribution in [2.24, 2.45) is 12.0 Å². The maximum atomic E-state index is 9.27. The third-order valence-electron chi connectivity index (χ3n) is 5.00. The van der Waals surface area contributed by atoms with E-state index in [0.717, 1.165) is 22.4 Å². The molecule has 0 N–H and O–H groups in total. The Morgan fingerprint density at radius 2 is 1.84 bits per heavy atom. The lowest BCUT2D eigenvalue weighted by Crippen LogP contribution is -2.40. The quantitative estimate of drug-likeness (QED) is 0.247. The number of guanidine groups is 1. The molecule has 0 amide bonds. The monoisotopic (exact) mass is 458 g/mol. The van der Waals surface area contributed by atoms with Crippen molar-refractivity contribution in [1.82, 2.24) is 24.6 Å². The lowest BCUT2D eigenvalue weighted by atomic mass is 9.99. The summed E-state index contributed by atoms with van der Waals surface area (Å²) in [6, 6.07) is 5.42. The highest BCUT2D eigenvalue weighted by Crippen LogP contribution is 2.28. The van der Waals surface area contributed by atoms with Gasteiger partial charge in [0.2, 0.25) is 12.2 Å². The summed E-state index contributed by atoms with van der Waals surface area (Å²) < 4.78 is 1.80. The van der Waals surface area contributed by atoms with E-state index in [4.69, 9.17) is 28.2 Å². The van der Waals surface area contributed by atoms with Gasteiger partial charge in [-0.25, -0.2) is 9.97 Å². The van der Waals surface area contributed by atoms with Crippen molar-refractivity contribution in [3.05, 3.63) is 45.5 Å². The van der Waals surface area contributed by atoms with Gasteiger partial charge in [0, 0.05) is 32.2 Å². The molecule has 0 saturated carbocycles. The second-order valence-corrected chi connectivity index (χ2v) is 8.44. The third-order valence-corrected chi connectivity index (χ3v) is 5.39. The van der Waals surface area contributed by atoms with Gasteiger partial charge in [0.1, 0.15) is 10.3 Å². The molecule has 10 heteroatoms. The van der Waals surface area contributed by atoms with Crippen molar-refractivity contribution in [3.8, 4) is 6.19 Å². The number of pyridine rings is 2. The van der Waals surface area contributed by atoms with Crippen molar-refractivity contribution in [3.63, 3.8) is 0 Å². The fourth-order valence-corrected chi connectivity index (χ4v) is 4.05. The minimum absolute atomic E-state index is 0.258. The second-order valence-electron chi connectivity index (χ2n) is 7.66. The van der Waals surface area contributed by atoms with E-state index in [9.17, 15) is 5.26 Å². The number of hydrogen-bond acceptors (Lipinski definition) is 5. The molecule has 31 heavy (non-hydrogen) atoms. The first-order chi connectivity index (χ1) is 14.6. The Balaban J connectivity index is 1.99. The highest BCUT2D eigenvalue weighted by molar-refractivity contribution is 6.33. The zero-order valence-electron chi connectivity index (χ0n) is 18.4. The highest BCUT2D eigenvalue weighted by Gasteiger charge is 2.20. The zero-order valence-corrected chi connectivity index (χ0v) is 19.9. The molecular weight excluding hydrogens is 435 g/mol. The molecule has 3 rings (SSSR count). The number of halogens is 2. The number of aliphatic imine (C=N–C) groups is 1. The van der Waals surface area contributed by atoms with Crippen LogP contribution in [0.15, 0.2) is 23.2 Å². The second kappa shape index (κ2) is 9.08. The van der Waals surface area contributed by atoms with Crippen LogP contribution in [-0.4, -0.2) is 44.7 Å². The first-order valence-corrected chi connectivity index (χ1v) is 10.5. The maximum absolute atomic E-state index is 9.27. The normalized spacial score (nSPS) is 11.8. The average Bonchev–Trinajstić information content (AvgIpc) is 2.97. The molecule has 0 radical (unpaired) electrons. The summed E-state index contributed by atoms with van der Waals surface area (Å²) in [6.45, 7) is 6.75. The van der Waals surface area contributed by atoms with Crippen molar-refractivity contribution in [2.75, 3.05) is 19.0 Å². The molecule has 8 nitrogen and oxygen atoms in total. The fourth-order valence-electron chi connectivity index (χ4n) is 3.60. The summed E-state index contributed by atoms with van der Waals surface area (Å²) in [5.74, 6) is 0.739. The Labute approximate surface area is 191 Å². The van der Waals surface area contributed by atoms with Crippen molar-refractivity contribution in [2.45, 2.75) is 33.2 Å². The van der Waals surface area contributed by atoms with E-state index in [1.807, 2.05) is 32.1 Å². The number of anilines is 1. The Bertz CT molecular complexity index is 1170. The van der Waals surface area contributed by atoms with Gasteiger partial charge in [-0.2, -0.15) is 10.4 Å². The average molecular weight is 459 g/mol. The van der Waals surface area contributed by atoms with E-state index in [0.29, 0.717) is 24.1 Å². The predicted molar refractivity (Wildman–Crippen MR) is 125 cm³/mol. The fraction of sp³-hybridized carbons (Fsp3) is 0.381. The first kappa shape index (κ1) is 22.8. The van der Waals surface area contributed by atoms with Crippen molar-refractivity contribution >= 4 is 45.9 Å². The number of aryl methyl sites for hydroxylation is 2. The molecule has 0 bridgehead atoms. The molecule has 0 aliphatic heterocycles. The molecule has 0 spiro atoms. The van der Waals surface area contributed by atoms with E-state index in [1.54, 1.807) is 28.8 Å². The van der Waals surface area contributed by atoms with Gasteiger partial charge < -0.3 is 9.80 Å². The number of rotatable bonds is 4. The minimum atomic E-state index is 0.258. The van der Waals surface area contributed by atoms with Gasteiger partial charge in [-0.3, -0.25) is 4.68 Å². The smallest absolute Gasteiger partial charge is 0.216 e. The van der Waals surface area contributed by atoms with Crippen LogP contribution >= 0.6 is 23.2 Å². The molecule has 0 unspecified atom stereocenters. The van der Waals surface area contributed by atoms with Crippen molar-refractivity contribution in [1.29, 1.82) is 5.26 Å². The van der Waals surface area contributed by atoms with Crippen molar-refractivity contribution < 1.29 is 0 Å². The molecule has 0 atom stereocenters. The van der Waals surface area contributed by atoms with Gasteiger partial charge in [-0.15, -0.1) is 4.99 Å². The van der Waals surface area contributed by atoms with E-state index in [1.165, 1.54) is 5.56 Å². The van der Waals surface area contributed by atoms with Crippen LogP contribution in [0.5, 0.6) is 0 Å². The first-order valence-electron chi connectivity index (χ1n) is 9.70. The van der Waals surface area contributed by atoms with Crippen LogP contribution in [0, 0.1) is 18.4 Å². The molecule has 0 saturated heterocycles. The lowest BCUT2D eigenvalue weighted by molar-refractivity contribution is 0.484. The maximum Gasteiger partial charge on any atom is 0.216 e. The van der Waals surface area contributed by atoms with E-state index in [-0.39, 0.29) is 10.3 Å². The van der Waals surface area contributed by atoms with Gasteiger partial charge in [0.15, 0.2) is 5.65 Å². The molecule has 0 fully saturated rings. The van der Waals surface area contributed by atoms with Crippen LogP contribution in [0.3, 0.4) is 0 Å². The van der Waals surface area contributed by atoms with Gasteiger partial charge in [-0.1, -0.05) is 37.0 Å². The third kappa shape index (κ3) is 4.73. The van der Waals surface area contributed by atoms with Gasteiger partial charge >= 0.3 is 0 Å². The topological polar surface area (TPSA) is 86.2 Å². The summed E-state index contributed by atoms with van der Waals surface area (Å²) in [5, 5.41) is 15.4. The SMILES string of the molecule is Cc1nn(C)c2nc(CN(C)/C(=N\C#N)N(C)c3cc(Cl)nc(Cl)c3)cc(C(C)C)c12. The number of aromatic nitrogens is 4. The summed E-state index contributed by atoms with van der Waals surface area (Å²) in [4.78, 5) is 16.4. The molecular formula is C21H24Cl2N8. The van der Waals surface area contributed by atoms with Crippen LogP contribution in [-0.2, 0) is 13.6 Å². The lowest BCUT2D eigenvalue weighted by Gasteiger charge is -2.28. The van der Waals surface area contributed by atoms with Gasteiger partial charge in [0.25, 0.3) is 0 Å². The molecule has 0 aliphatic carbocycles. The number of nitrogens with zero attached hydrogens (tertiary/aromatic N) is 8. The largest absolute Gasteiger partial charge is 0.339 e. The zero-order chi connectivity index (χ0) is 22.9. The standard InChI is InChI=1S/C21H24Cl2N8/c1-12(2)16-7-14(26-20-19(16)13(3)28-31(20)6)10-29(4)21(25-11-24)30(5)15-8-17(22)27-18(23)9-15/h7-9,12H,10H2,1-6H3/b25-21+. The Hall–Kier alpha value is -2.89. The number of nitriles is 1. The summed E-state index contributed by atoms with van der Waals surface area (Å²) in [6.07, 6.45) is 1.87. The van der Waals surface area contributed by atoms with Crippen LogP contribution in [0.1, 0.15) is 36.7 Å². The van der Waals surface area contributed by atoms with Gasteiger partial charge in [-0.05, 0) is 36.6 Å². The Kier molecular flexibility index (Phi) is 6.68.